The Kier molecular flexibility index (Phi) is 4.20. The van der Waals surface area contributed by atoms with Crippen LogP contribution in [0.1, 0.15) is 23.5 Å². The van der Waals surface area contributed by atoms with Gasteiger partial charge in [-0.05, 0) is 35.9 Å². The molecule has 2 aromatic carbocycles. The number of hydrogen-bond acceptors (Lipinski definition) is 2. The van der Waals surface area contributed by atoms with Crippen LogP contribution >= 0.6 is 0 Å². The highest BCUT2D eigenvalue weighted by molar-refractivity contribution is 6.05. The summed E-state index contributed by atoms with van der Waals surface area (Å²) in [4.78, 5) is 24.2. The summed E-state index contributed by atoms with van der Waals surface area (Å²) in [5, 5.41) is 4.86. The first-order valence-electron chi connectivity index (χ1n) is 7.31. The molecular formula is C17H12F4N2O2. The van der Waals surface area contributed by atoms with E-state index >= 15 is 0 Å². The number of rotatable bonds is 2. The molecule has 25 heavy (non-hydrogen) atoms. The summed E-state index contributed by atoms with van der Waals surface area (Å²) in [6, 6.07) is 7.82. The molecule has 1 heterocycles. The van der Waals surface area contributed by atoms with Crippen molar-refractivity contribution in [3.63, 3.8) is 0 Å². The minimum atomic E-state index is -4.53. The predicted molar refractivity (Wildman–Crippen MR) is 82.5 cm³/mol. The van der Waals surface area contributed by atoms with Gasteiger partial charge in [-0.2, -0.15) is 13.2 Å². The Bertz CT molecular complexity index is 849. The largest absolute Gasteiger partial charge is 0.416 e. The van der Waals surface area contributed by atoms with E-state index in [1.54, 1.807) is 0 Å². The average molecular weight is 352 g/mol. The maximum atomic E-state index is 13.3. The number of anilines is 2. The van der Waals surface area contributed by atoms with Crippen LogP contribution in [0.4, 0.5) is 28.9 Å². The van der Waals surface area contributed by atoms with E-state index in [-0.39, 0.29) is 17.8 Å². The molecule has 0 aliphatic carbocycles. The summed E-state index contributed by atoms with van der Waals surface area (Å²) in [5.74, 6) is -2.60. The van der Waals surface area contributed by atoms with Crippen molar-refractivity contribution in [3.05, 3.63) is 59.4 Å². The Labute approximate surface area is 139 Å². The van der Waals surface area contributed by atoms with Crippen LogP contribution in [-0.4, -0.2) is 11.8 Å². The summed E-state index contributed by atoms with van der Waals surface area (Å²) >= 11 is 0. The monoisotopic (exact) mass is 352 g/mol. The van der Waals surface area contributed by atoms with E-state index in [9.17, 15) is 27.2 Å². The van der Waals surface area contributed by atoms with E-state index < -0.39 is 35.3 Å². The highest BCUT2D eigenvalue weighted by atomic mass is 19.4. The molecule has 1 aliphatic rings. The van der Waals surface area contributed by atoms with Gasteiger partial charge in [-0.1, -0.05) is 12.1 Å². The van der Waals surface area contributed by atoms with Crippen molar-refractivity contribution < 1.29 is 27.2 Å². The molecule has 0 saturated carbocycles. The van der Waals surface area contributed by atoms with Gasteiger partial charge < -0.3 is 10.6 Å². The van der Waals surface area contributed by atoms with Gasteiger partial charge in [0.1, 0.15) is 5.82 Å². The van der Waals surface area contributed by atoms with Crippen molar-refractivity contribution in [2.24, 2.45) is 0 Å². The number of alkyl halides is 3. The van der Waals surface area contributed by atoms with Crippen molar-refractivity contribution in [1.82, 2.24) is 0 Å². The number of nitrogens with one attached hydrogen (secondary N) is 2. The molecule has 0 aromatic heterocycles. The number of amides is 2. The normalized spacial score (nSPS) is 16.8. The fourth-order valence-corrected chi connectivity index (χ4v) is 2.67. The summed E-state index contributed by atoms with van der Waals surface area (Å²) in [6.07, 6.45) is -4.71. The van der Waals surface area contributed by atoms with Crippen LogP contribution in [0.15, 0.2) is 42.5 Å². The van der Waals surface area contributed by atoms with E-state index in [1.807, 2.05) is 0 Å². The Balaban J connectivity index is 1.86. The van der Waals surface area contributed by atoms with Crippen LogP contribution in [0.2, 0.25) is 0 Å². The topological polar surface area (TPSA) is 58.2 Å². The first-order chi connectivity index (χ1) is 11.7. The molecule has 0 bridgehead atoms. The van der Waals surface area contributed by atoms with Crippen LogP contribution in [-0.2, 0) is 15.8 Å². The quantitative estimate of drug-likeness (QED) is 0.805. The van der Waals surface area contributed by atoms with E-state index in [2.05, 4.69) is 10.6 Å². The maximum Gasteiger partial charge on any atom is 0.416 e. The Morgan fingerprint density at radius 1 is 1.16 bits per heavy atom. The molecule has 1 aliphatic heterocycles. The van der Waals surface area contributed by atoms with E-state index in [1.165, 1.54) is 18.2 Å². The number of halogens is 4. The molecule has 0 unspecified atom stereocenters. The smallest absolute Gasteiger partial charge is 0.326 e. The minimum absolute atomic E-state index is 0.0329. The third-order valence-corrected chi connectivity index (χ3v) is 3.83. The van der Waals surface area contributed by atoms with Gasteiger partial charge in [-0.3, -0.25) is 9.59 Å². The summed E-state index contributed by atoms with van der Waals surface area (Å²) in [6.45, 7) is 0. The van der Waals surface area contributed by atoms with Gasteiger partial charge in [0.25, 0.3) is 0 Å². The lowest BCUT2D eigenvalue weighted by Gasteiger charge is -2.25. The molecule has 4 nitrogen and oxygen atoms in total. The molecule has 2 aromatic rings. The SMILES string of the molecule is O=C1C[C@@H](C(=O)Nc2cccc(C(F)(F)F)c2)c2ccc(F)cc2N1. The number of benzene rings is 2. The van der Waals surface area contributed by atoms with Crippen LogP contribution < -0.4 is 10.6 Å². The third-order valence-electron chi connectivity index (χ3n) is 3.83. The van der Waals surface area contributed by atoms with Gasteiger partial charge >= 0.3 is 6.18 Å². The molecule has 130 valence electrons. The third kappa shape index (κ3) is 3.62. The molecule has 8 heteroatoms. The van der Waals surface area contributed by atoms with Crippen molar-refractivity contribution in [1.29, 1.82) is 0 Å². The zero-order valence-electron chi connectivity index (χ0n) is 12.7. The fraction of sp³-hybridized carbons (Fsp3) is 0.176. The summed E-state index contributed by atoms with van der Waals surface area (Å²) in [7, 11) is 0. The van der Waals surface area contributed by atoms with Gasteiger partial charge in [-0.15, -0.1) is 0 Å². The second kappa shape index (κ2) is 6.19. The number of carbonyl (C=O) groups excluding carboxylic acids is 2. The molecule has 2 amide bonds. The second-order valence-corrected chi connectivity index (χ2v) is 5.60. The lowest BCUT2D eigenvalue weighted by molar-refractivity contribution is -0.137. The van der Waals surface area contributed by atoms with E-state index in [0.29, 0.717) is 5.56 Å². The van der Waals surface area contributed by atoms with Gasteiger partial charge in [0, 0.05) is 17.8 Å². The highest BCUT2D eigenvalue weighted by Gasteiger charge is 2.32. The Morgan fingerprint density at radius 2 is 1.92 bits per heavy atom. The van der Waals surface area contributed by atoms with Crippen molar-refractivity contribution >= 4 is 23.2 Å². The molecule has 0 fully saturated rings. The lowest BCUT2D eigenvalue weighted by Crippen LogP contribution is -2.31. The van der Waals surface area contributed by atoms with Gasteiger partial charge in [0.2, 0.25) is 11.8 Å². The fourth-order valence-electron chi connectivity index (χ4n) is 2.67. The van der Waals surface area contributed by atoms with E-state index in [4.69, 9.17) is 0 Å². The van der Waals surface area contributed by atoms with Crippen molar-refractivity contribution in [2.45, 2.75) is 18.5 Å². The Morgan fingerprint density at radius 3 is 2.64 bits per heavy atom. The second-order valence-electron chi connectivity index (χ2n) is 5.60. The Hall–Kier alpha value is -2.90. The number of carbonyl (C=O) groups is 2. The van der Waals surface area contributed by atoms with Crippen LogP contribution in [0.5, 0.6) is 0 Å². The lowest BCUT2D eigenvalue weighted by atomic mass is 9.89. The first-order valence-corrected chi connectivity index (χ1v) is 7.31. The zero-order chi connectivity index (χ0) is 18.2. The summed E-state index contributed by atoms with van der Waals surface area (Å²) < 4.78 is 51.5. The zero-order valence-corrected chi connectivity index (χ0v) is 12.7. The molecule has 1 atom stereocenters. The number of fused-ring (bicyclic) bond motifs is 1. The van der Waals surface area contributed by atoms with Crippen molar-refractivity contribution in [2.75, 3.05) is 10.6 Å². The maximum absolute atomic E-state index is 13.3. The van der Waals surface area contributed by atoms with Crippen LogP contribution in [0.25, 0.3) is 0 Å². The molecule has 2 N–H and O–H groups in total. The number of hydrogen-bond donors (Lipinski definition) is 2. The molecule has 0 radical (unpaired) electrons. The minimum Gasteiger partial charge on any atom is -0.326 e. The first kappa shape index (κ1) is 16.9. The van der Waals surface area contributed by atoms with E-state index in [0.717, 1.165) is 24.3 Å². The molecule has 0 spiro atoms. The standard InChI is InChI=1S/C17H12F4N2O2/c18-10-4-5-12-13(8-15(24)23-14(12)7-10)16(25)22-11-3-1-2-9(6-11)17(19,20)21/h1-7,13H,8H2,(H,22,25)(H,23,24)/t13-/m1/s1. The highest BCUT2D eigenvalue weighted by Crippen LogP contribution is 2.34. The summed E-state index contributed by atoms with van der Waals surface area (Å²) in [5.41, 5.74) is -0.338. The van der Waals surface area contributed by atoms with Gasteiger partial charge in [-0.25, -0.2) is 4.39 Å². The molecule has 3 rings (SSSR count). The van der Waals surface area contributed by atoms with Crippen LogP contribution in [0, 0.1) is 5.82 Å². The average Bonchev–Trinajstić information content (AvgIpc) is 2.53. The van der Waals surface area contributed by atoms with Gasteiger partial charge in [0.05, 0.1) is 11.5 Å². The van der Waals surface area contributed by atoms with Crippen molar-refractivity contribution in [3.8, 4) is 0 Å². The predicted octanol–water partition coefficient (Wildman–Crippen LogP) is 3.91. The molecular weight excluding hydrogens is 340 g/mol. The van der Waals surface area contributed by atoms with Gasteiger partial charge in [0.15, 0.2) is 0 Å². The van der Waals surface area contributed by atoms with Crippen LogP contribution in [0.3, 0.4) is 0 Å². The molecule has 0 saturated heterocycles.